The first-order valence-electron chi connectivity index (χ1n) is 10.8. The number of hydrogen-bond donors (Lipinski definition) is 0. The van der Waals surface area contributed by atoms with Crippen molar-refractivity contribution in [3.8, 4) is 11.5 Å². The number of ether oxygens (including phenoxy) is 3. The highest BCUT2D eigenvalue weighted by Gasteiger charge is 2.40. The van der Waals surface area contributed by atoms with Crippen molar-refractivity contribution in [1.29, 1.82) is 0 Å². The van der Waals surface area contributed by atoms with E-state index >= 15 is 0 Å². The lowest BCUT2D eigenvalue weighted by molar-refractivity contribution is 0.122. The Balaban J connectivity index is 1.56. The zero-order valence-electron chi connectivity index (χ0n) is 18.6. The first-order valence-corrected chi connectivity index (χ1v) is 10.8. The van der Waals surface area contributed by atoms with Gasteiger partial charge in [-0.3, -0.25) is 14.8 Å². The lowest BCUT2D eigenvalue weighted by Gasteiger charge is -2.36. The van der Waals surface area contributed by atoms with E-state index in [2.05, 4.69) is 4.90 Å². The molecule has 1 aromatic carbocycles. The molecule has 3 aliphatic heterocycles. The van der Waals surface area contributed by atoms with Gasteiger partial charge in [0.25, 0.3) is 0 Å². The Labute approximate surface area is 187 Å². The van der Waals surface area contributed by atoms with E-state index in [4.69, 9.17) is 24.2 Å². The average Bonchev–Trinajstić information content (AvgIpc) is 3.23. The van der Waals surface area contributed by atoms with Gasteiger partial charge >= 0.3 is 6.03 Å². The van der Waals surface area contributed by atoms with Crippen molar-refractivity contribution in [3.63, 3.8) is 0 Å². The van der Waals surface area contributed by atoms with Gasteiger partial charge in [-0.2, -0.15) is 0 Å². The first kappa shape index (κ1) is 20.6. The third kappa shape index (κ3) is 3.62. The molecule has 0 N–H and O–H groups in total. The fourth-order valence-corrected chi connectivity index (χ4v) is 4.38. The molecule has 5 rings (SSSR count). The Morgan fingerprint density at radius 1 is 1.09 bits per heavy atom. The number of anilines is 2. The number of urea groups is 1. The summed E-state index contributed by atoms with van der Waals surface area (Å²) in [4.78, 5) is 28.8. The molecule has 4 heterocycles. The molecule has 9 heteroatoms. The Bertz CT molecular complexity index is 1040. The topological polar surface area (TPSA) is 79.7 Å². The predicted molar refractivity (Wildman–Crippen MR) is 121 cm³/mol. The second-order valence-corrected chi connectivity index (χ2v) is 8.16. The molecule has 9 nitrogen and oxygen atoms in total. The van der Waals surface area contributed by atoms with Gasteiger partial charge in [-0.05, 0) is 30.7 Å². The van der Waals surface area contributed by atoms with Crippen molar-refractivity contribution >= 4 is 23.2 Å². The molecule has 0 bridgehead atoms. The van der Waals surface area contributed by atoms with Gasteiger partial charge in [0.15, 0.2) is 5.84 Å². The summed E-state index contributed by atoms with van der Waals surface area (Å²) in [5, 5.41) is 0. The van der Waals surface area contributed by atoms with Crippen LogP contribution in [0.25, 0.3) is 0 Å². The standard InChI is InChI=1S/C23H27N5O4/c1-15-13-28-22(25-15)21-20(10-17(12-24-21)26-4-6-32-7-5-26)27(23(28)29)14-16-8-18(30-2)11-19(9-16)31-3/h8-12,15H,4-7,13-14H2,1-3H3. The van der Waals surface area contributed by atoms with E-state index in [-0.39, 0.29) is 12.1 Å². The Morgan fingerprint density at radius 3 is 2.50 bits per heavy atom. The summed E-state index contributed by atoms with van der Waals surface area (Å²) >= 11 is 0. The smallest absolute Gasteiger partial charge is 0.330 e. The van der Waals surface area contributed by atoms with Crippen LogP contribution < -0.4 is 19.3 Å². The maximum atomic E-state index is 13.6. The third-order valence-electron chi connectivity index (χ3n) is 5.99. The van der Waals surface area contributed by atoms with Crippen molar-refractivity contribution < 1.29 is 19.0 Å². The molecule has 0 saturated carbocycles. The van der Waals surface area contributed by atoms with Gasteiger partial charge in [0, 0.05) is 19.2 Å². The summed E-state index contributed by atoms with van der Waals surface area (Å²) in [5.41, 5.74) is 3.39. The highest BCUT2D eigenvalue weighted by atomic mass is 16.5. The molecule has 0 aliphatic carbocycles. The number of methoxy groups -OCH3 is 2. The van der Waals surface area contributed by atoms with Gasteiger partial charge in [0.1, 0.15) is 17.2 Å². The molecule has 1 saturated heterocycles. The van der Waals surface area contributed by atoms with E-state index in [9.17, 15) is 4.79 Å². The van der Waals surface area contributed by atoms with Gasteiger partial charge < -0.3 is 19.1 Å². The van der Waals surface area contributed by atoms with Crippen LogP contribution in [0.2, 0.25) is 0 Å². The summed E-state index contributed by atoms with van der Waals surface area (Å²) in [5.74, 6) is 2.02. The predicted octanol–water partition coefficient (Wildman–Crippen LogP) is 2.53. The van der Waals surface area contributed by atoms with Crippen molar-refractivity contribution in [2.24, 2.45) is 4.99 Å². The number of amidine groups is 1. The number of hydrogen-bond acceptors (Lipinski definition) is 7. The molecule has 1 aromatic heterocycles. The summed E-state index contributed by atoms with van der Waals surface area (Å²) in [6.07, 6.45) is 1.87. The number of morpholine rings is 1. The molecule has 0 spiro atoms. The van der Waals surface area contributed by atoms with Crippen LogP contribution in [0, 0.1) is 0 Å². The third-order valence-corrected chi connectivity index (χ3v) is 5.99. The van der Waals surface area contributed by atoms with Crippen molar-refractivity contribution in [1.82, 2.24) is 9.88 Å². The monoisotopic (exact) mass is 437 g/mol. The Hall–Kier alpha value is -3.33. The van der Waals surface area contributed by atoms with Crippen LogP contribution in [0.1, 0.15) is 18.2 Å². The number of carbonyl (C=O) groups excluding carboxylic acids is 1. The number of aromatic nitrogens is 1. The van der Waals surface area contributed by atoms with E-state index in [1.807, 2.05) is 37.4 Å². The Kier molecular flexibility index (Phi) is 5.34. The van der Waals surface area contributed by atoms with Gasteiger partial charge in [0.2, 0.25) is 0 Å². The molecule has 1 fully saturated rings. The number of pyridine rings is 1. The molecule has 168 valence electrons. The number of amides is 2. The first-order chi connectivity index (χ1) is 15.6. The van der Waals surface area contributed by atoms with Crippen LogP contribution >= 0.6 is 0 Å². The van der Waals surface area contributed by atoms with Crippen LogP contribution in [0.5, 0.6) is 11.5 Å². The van der Waals surface area contributed by atoms with Crippen LogP contribution in [-0.4, -0.2) is 74.9 Å². The Morgan fingerprint density at radius 2 is 1.81 bits per heavy atom. The van der Waals surface area contributed by atoms with E-state index in [1.165, 1.54) is 0 Å². The van der Waals surface area contributed by atoms with Gasteiger partial charge in [-0.25, -0.2) is 9.78 Å². The summed E-state index contributed by atoms with van der Waals surface area (Å²) in [6.45, 7) is 5.89. The van der Waals surface area contributed by atoms with Crippen molar-refractivity contribution in [3.05, 3.63) is 41.7 Å². The van der Waals surface area contributed by atoms with Crippen molar-refractivity contribution in [2.75, 3.05) is 56.9 Å². The SMILES string of the molecule is COc1cc(CN2C(=O)N3CC(C)N=C3c3ncc(N4CCOCC4)cc32)cc(OC)c1. The minimum Gasteiger partial charge on any atom is -0.497 e. The maximum Gasteiger partial charge on any atom is 0.330 e. The molecule has 0 radical (unpaired) electrons. The molecule has 3 aliphatic rings. The lowest BCUT2D eigenvalue weighted by Crippen LogP contribution is -2.50. The zero-order valence-corrected chi connectivity index (χ0v) is 18.6. The van der Waals surface area contributed by atoms with E-state index in [1.54, 1.807) is 24.0 Å². The van der Waals surface area contributed by atoms with Crippen molar-refractivity contribution in [2.45, 2.75) is 19.5 Å². The number of carbonyl (C=O) groups is 1. The molecule has 1 atom stereocenters. The highest BCUT2D eigenvalue weighted by Crippen LogP contribution is 2.35. The molecule has 2 amide bonds. The normalized spacial score (nSPS) is 20.1. The lowest BCUT2D eigenvalue weighted by atomic mass is 10.1. The summed E-state index contributed by atoms with van der Waals surface area (Å²) in [7, 11) is 3.24. The van der Waals surface area contributed by atoms with E-state index in [0.29, 0.717) is 43.6 Å². The quantitative estimate of drug-likeness (QED) is 0.715. The van der Waals surface area contributed by atoms with Crippen LogP contribution in [0.4, 0.5) is 16.2 Å². The fourth-order valence-electron chi connectivity index (χ4n) is 4.38. The van der Waals surface area contributed by atoms with E-state index < -0.39 is 0 Å². The number of rotatable bonds is 5. The second-order valence-electron chi connectivity index (χ2n) is 8.16. The van der Waals surface area contributed by atoms with Gasteiger partial charge in [-0.15, -0.1) is 0 Å². The second kappa shape index (κ2) is 8.31. The molecule has 1 unspecified atom stereocenters. The minimum absolute atomic E-state index is 0.0411. The summed E-state index contributed by atoms with van der Waals surface area (Å²) in [6, 6.07) is 7.66. The molecule has 32 heavy (non-hydrogen) atoms. The number of fused-ring (bicyclic) bond motifs is 3. The number of nitrogens with zero attached hydrogens (tertiary/aromatic N) is 5. The zero-order chi connectivity index (χ0) is 22.2. The van der Waals surface area contributed by atoms with Crippen LogP contribution in [0.15, 0.2) is 35.5 Å². The van der Waals surface area contributed by atoms with Gasteiger partial charge in [0.05, 0.1) is 64.1 Å². The average molecular weight is 438 g/mol. The van der Waals surface area contributed by atoms with Crippen LogP contribution in [0.3, 0.4) is 0 Å². The summed E-state index contributed by atoms with van der Waals surface area (Å²) < 4.78 is 16.3. The highest BCUT2D eigenvalue weighted by molar-refractivity contribution is 6.19. The molecular formula is C23H27N5O4. The number of aliphatic imine (C=N–C) groups is 1. The maximum absolute atomic E-state index is 13.6. The minimum atomic E-state index is -0.0942. The molecule has 2 aromatic rings. The largest absolute Gasteiger partial charge is 0.497 e. The molecular weight excluding hydrogens is 410 g/mol. The van der Waals surface area contributed by atoms with Gasteiger partial charge in [-0.1, -0.05) is 0 Å². The van der Waals surface area contributed by atoms with Crippen LogP contribution in [-0.2, 0) is 11.3 Å². The number of benzene rings is 1. The fraction of sp³-hybridized carbons (Fsp3) is 0.435. The van der Waals surface area contributed by atoms with E-state index in [0.717, 1.165) is 35.7 Å².